The van der Waals surface area contributed by atoms with E-state index in [1.54, 1.807) is 24.3 Å². The lowest BCUT2D eigenvalue weighted by molar-refractivity contribution is -0.127. The molecule has 0 aliphatic rings. The molecule has 0 atom stereocenters. The van der Waals surface area contributed by atoms with E-state index < -0.39 is 0 Å². The number of amides is 1. The van der Waals surface area contributed by atoms with Crippen LogP contribution in [0.5, 0.6) is 5.75 Å². The summed E-state index contributed by atoms with van der Waals surface area (Å²) in [5, 5.41) is 0. The van der Waals surface area contributed by atoms with Crippen molar-refractivity contribution >= 4 is 12.2 Å². The molecule has 1 aromatic carbocycles. The van der Waals surface area contributed by atoms with Crippen molar-refractivity contribution in [1.82, 2.24) is 5.48 Å². The number of benzene rings is 1. The van der Waals surface area contributed by atoms with Gasteiger partial charge in [-0.25, -0.2) is 0 Å². The topological polar surface area (TPSA) is 55.4 Å². The maximum Gasteiger partial charge on any atom is 0.252 e. The predicted molar refractivity (Wildman–Crippen MR) is 60.1 cm³/mol. The lowest BCUT2D eigenvalue weighted by Gasteiger charge is -2.07. The third-order valence-electron chi connectivity index (χ3n) is 2.08. The van der Waals surface area contributed by atoms with Crippen LogP contribution < -0.4 is 10.3 Å². The number of nitrogens with one attached hydrogen (secondary N) is 1. The Morgan fingerprint density at radius 1 is 1.44 bits per heavy atom. The van der Waals surface area contributed by atoms with Gasteiger partial charge in [0.1, 0.15) is 0 Å². The minimum atomic E-state index is -0.178. The smallest absolute Gasteiger partial charge is 0.252 e. The van der Waals surface area contributed by atoms with Crippen molar-refractivity contribution in [3.05, 3.63) is 29.8 Å². The molecular weight excluding hydrogens is 206 g/mol. The predicted octanol–water partition coefficient (Wildman–Crippen LogP) is 2.10. The zero-order valence-electron chi connectivity index (χ0n) is 9.23. The van der Waals surface area contributed by atoms with E-state index in [4.69, 9.17) is 4.84 Å². The molecule has 1 amide bonds. The van der Waals surface area contributed by atoms with Crippen LogP contribution in [0, 0.1) is 0 Å². The van der Waals surface area contributed by atoms with Crippen LogP contribution in [-0.4, -0.2) is 12.2 Å². The highest BCUT2D eigenvalue weighted by atomic mass is 16.7. The summed E-state index contributed by atoms with van der Waals surface area (Å²) in [6.45, 7) is 2.01. The summed E-state index contributed by atoms with van der Waals surface area (Å²) in [5.74, 6) is 0.185. The van der Waals surface area contributed by atoms with Crippen LogP contribution in [0.25, 0.3) is 0 Å². The normalized spacial score (nSPS) is 9.56. The Morgan fingerprint density at radius 2 is 2.19 bits per heavy atom. The lowest BCUT2D eigenvalue weighted by Crippen LogP contribution is -2.27. The van der Waals surface area contributed by atoms with Crippen molar-refractivity contribution in [3.63, 3.8) is 0 Å². The fourth-order valence-corrected chi connectivity index (χ4v) is 1.17. The number of rotatable bonds is 6. The second-order valence-electron chi connectivity index (χ2n) is 3.39. The third kappa shape index (κ3) is 3.73. The number of hydrogen-bond donors (Lipinski definition) is 1. The summed E-state index contributed by atoms with van der Waals surface area (Å²) in [7, 11) is 0. The Kier molecular flexibility index (Phi) is 5.05. The largest absolute Gasteiger partial charge is 0.379 e. The van der Waals surface area contributed by atoms with Gasteiger partial charge in [0.05, 0.1) is 5.56 Å². The number of para-hydroxylation sites is 1. The minimum absolute atomic E-state index is 0.178. The van der Waals surface area contributed by atoms with E-state index in [9.17, 15) is 9.59 Å². The molecule has 0 aliphatic carbocycles. The van der Waals surface area contributed by atoms with Crippen molar-refractivity contribution in [1.29, 1.82) is 0 Å². The second-order valence-corrected chi connectivity index (χ2v) is 3.39. The van der Waals surface area contributed by atoms with E-state index in [1.165, 1.54) is 0 Å². The molecule has 16 heavy (non-hydrogen) atoms. The molecule has 0 radical (unpaired) electrons. The van der Waals surface area contributed by atoms with E-state index in [1.807, 2.05) is 6.92 Å². The van der Waals surface area contributed by atoms with Gasteiger partial charge in [-0.3, -0.25) is 9.59 Å². The summed E-state index contributed by atoms with van der Waals surface area (Å²) in [6.07, 6.45) is 2.90. The maximum absolute atomic E-state index is 11.3. The number of aldehydes is 1. The SMILES string of the molecule is CCCCC(=O)NOc1ccccc1C=O. The fourth-order valence-electron chi connectivity index (χ4n) is 1.17. The molecule has 0 unspecified atom stereocenters. The molecule has 0 aliphatic heterocycles. The Morgan fingerprint density at radius 3 is 2.88 bits per heavy atom. The highest BCUT2D eigenvalue weighted by Crippen LogP contribution is 2.14. The summed E-state index contributed by atoms with van der Waals surface area (Å²) in [6, 6.07) is 6.72. The van der Waals surface area contributed by atoms with Gasteiger partial charge < -0.3 is 4.84 Å². The van der Waals surface area contributed by atoms with Gasteiger partial charge in [-0.2, -0.15) is 5.48 Å². The van der Waals surface area contributed by atoms with Crippen molar-refractivity contribution in [2.24, 2.45) is 0 Å². The number of carbonyl (C=O) groups is 2. The van der Waals surface area contributed by atoms with Crippen LogP contribution in [-0.2, 0) is 4.79 Å². The molecule has 0 aromatic heterocycles. The Hall–Kier alpha value is -1.84. The molecule has 4 heteroatoms. The monoisotopic (exact) mass is 221 g/mol. The highest BCUT2D eigenvalue weighted by Gasteiger charge is 2.04. The quantitative estimate of drug-likeness (QED) is 0.591. The number of hydrogen-bond acceptors (Lipinski definition) is 3. The van der Waals surface area contributed by atoms with E-state index in [0.29, 0.717) is 24.0 Å². The van der Waals surface area contributed by atoms with Gasteiger partial charge in [-0.15, -0.1) is 0 Å². The zero-order valence-corrected chi connectivity index (χ0v) is 9.23. The molecule has 1 N–H and O–H groups in total. The van der Waals surface area contributed by atoms with E-state index in [2.05, 4.69) is 5.48 Å². The van der Waals surface area contributed by atoms with Gasteiger partial charge in [-0.1, -0.05) is 25.5 Å². The van der Waals surface area contributed by atoms with Crippen LogP contribution in [0.1, 0.15) is 36.5 Å². The highest BCUT2D eigenvalue weighted by molar-refractivity contribution is 5.79. The molecule has 1 aromatic rings. The van der Waals surface area contributed by atoms with E-state index in [0.717, 1.165) is 12.8 Å². The molecule has 0 fully saturated rings. The second kappa shape index (κ2) is 6.61. The molecule has 1 rings (SSSR count). The molecule has 86 valence electrons. The van der Waals surface area contributed by atoms with Gasteiger partial charge in [0.15, 0.2) is 12.0 Å². The third-order valence-corrected chi connectivity index (χ3v) is 2.08. The maximum atomic E-state index is 11.3. The van der Waals surface area contributed by atoms with Crippen LogP contribution >= 0.6 is 0 Å². The van der Waals surface area contributed by atoms with Gasteiger partial charge in [-0.05, 0) is 18.6 Å². The fraction of sp³-hybridized carbons (Fsp3) is 0.333. The summed E-state index contributed by atoms with van der Waals surface area (Å²) in [4.78, 5) is 27.0. The summed E-state index contributed by atoms with van der Waals surface area (Å²) < 4.78 is 0. The van der Waals surface area contributed by atoms with Crippen molar-refractivity contribution in [3.8, 4) is 5.75 Å². The van der Waals surface area contributed by atoms with Crippen LogP contribution in [0.3, 0.4) is 0 Å². The number of carbonyl (C=O) groups excluding carboxylic acids is 2. The van der Waals surface area contributed by atoms with Crippen molar-refractivity contribution < 1.29 is 14.4 Å². The van der Waals surface area contributed by atoms with E-state index in [-0.39, 0.29) is 5.91 Å². The van der Waals surface area contributed by atoms with Gasteiger partial charge in [0, 0.05) is 6.42 Å². The molecule has 0 spiro atoms. The number of unbranched alkanes of at least 4 members (excludes halogenated alkanes) is 1. The minimum Gasteiger partial charge on any atom is -0.379 e. The molecule has 0 saturated carbocycles. The van der Waals surface area contributed by atoms with Crippen LogP contribution in [0.2, 0.25) is 0 Å². The Balaban J connectivity index is 2.47. The van der Waals surface area contributed by atoms with Gasteiger partial charge in [0.25, 0.3) is 5.91 Å². The molecule has 0 saturated heterocycles. The summed E-state index contributed by atoms with van der Waals surface area (Å²) in [5.41, 5.74) is 2.73. The first kappa shape index (κ1) is 12.2. The average Bonchev–Trinajstić information content (AvgIpc) is 2.34. The standard InChI is InChI=1S/C12H15NO3/c1-2-3-8-12(15)13-16-11-7-5-4-6-10(11)9-14/h4-7,9H,2-3,8H2,1H3,(H,13,15). The van der Waals surface area contributed by atoms with Crippen molar-refractivity contribution in [2.75, 3.05) is 0 Å². The van der Waals surface area contributed by atoms with Crippen molar-refractivity contribution in [2.45, 2.75) is 26.2 Å². The molecule has 0 heterocycles. The summed E-state index contributed by atoms with van der Waals surface area (Å²) >= 11 is 0. The van der Waals surface area contributed by atoms with Gasteiger partial charge >= 0.3 is 0 Å². The molecular formula is C12H15NO3. The zero-order chi connectivity index (χ0) is 11.8. The lowest BCUT2D eigenvalue weighted by atomic mass is 10.2. The number of hydroxylamine groups is 1. The first-order valence-corrected chi connectivity index (χ1v) is 5.27. The van der Waals surface area contributed by atoms with Crippen LogP contribution in [0.4, 0.5) is 0 Å². The van der Waals surface area contributed by atoms with E-state index >= 15 is 0 Å². The average molecular weight is 221 g/mol. The molecule has 4 nitrogen and oxygen atoms in total. The first-order chi connectivity index (χ1) is 7.77. The Bertz CT molecular complexity index is 363. The molecule has 0 bridgehead atoms. The Labute approximate surface area is 94.6 Å². The first-order valence-electron chi connectivity index (χ1n) is 5.27. The van der Waals surface area contributed by atoms with Crippen LogP contribution in [0.15, 0.2) is 24.3 Å². The van der Waals surface area contributed by atoms with Gasteiger partial charge in [0.2, 0.25) is 0 Å².